The maximum Gasteiger partial charge on any atom is 0.0495 e. The molecule has 14 heavy (non-hydrogen) atoms. The molecule has 2 aliphatic carbocycles. The molecule has 0 saturated heterocycles. The summed E-state index contributed by atoms with van der Waals surface area (Å²) in [6, 6.07) is 0. The molecule has 82 valence electrons. The SMILES string of the molecule is COCC1CCCC12CCCC2CO. The second-order valence-electron chi connectivity index (χ2n) is 5.05. The van der Waals surface area contributed by atoms with Crippen molar-refractivity contribution in [2.75, 3.05) is 20.3 Å². The summed E-state index contributed by atoms with van der Waals surface area (Å²) < 4.78 is 5.32. The molecule has 1 N–H and O–H groups in total. The summed E-state index contributed by atoms with van der Waals surface area (Å²) in [6.45, 7) is 1.29. The molecule has 2 nitrogen and oxygen atoms in total. The van der Waals surface area contributed by atoms with E-state index in [9.17, 15) is 5.11 Å². The van der Waals surface area contributed by atoms with E-state index in [0.29, 0.717) is 23.9 Å². The van der Waals surface area contributed by atoms with Crippen LogP contribution in [0.4, 0.5) is 0 Å². The van der Waals surface area contributed by atoms with E-state index in [4.69, 9.17) is 4.74 Å². The molecule has 2 heteroatoms. The van der Waals surface area contributed by atoms with E-state index in [0.717, 1.165) is 6.61 Å². The highest BCUT2D eigenvalue weighted by molar-refractivity contribution is 4.99. The number of hydrogen-bond acceptors (Lipinski definition) is 2. The molecular weight excluding hydrogens is 176 g/mol. The van der Waals surface area contributed by atoms with Crippen LogP contribution in [0.5, 0.6) is 0 Å². The molecule has 0 aromatic rings. The van der Waals surface area contributed by atoms with Crippen molar-refractivity contribution >= 4 is 0 Å². The van der Waals surface area contributed by atoms with Crippen LogP contribution in [0.25, 0.3) is 0 Å². The van der Waals surface area contributed by atoms with Gasteiger partial charge in [0.05, 0.1) is 0 Å². The van der Waals surface area contributed by atoms with Crippen molar-refractivity contribution in [3.63, 3.8) is 0 Å². The van der Waals surface area contributed by atoms with Gasteiger partial charge < -0.3 is 9.84 Å². The lowest BCUT2D eigenvalue weighted by atomic mass is 9.70. The minimum Gasteiger partial charge on any atom is -0.396 e. The third-order valence-electron chi connectivity index (χ3n) is 4.60. The van der Waals surface area contributed by atoms with Gasteiger partial charge in [-0.15, -0.1) is 0 Å². The number of aliphatic hydroxyl groups excluding tert-OH is 1. The van der Waals surface area contributed by atoms with Crippen molar-refractivity contribution in [1.82, 2.24) is 0 Å². The molecule has 0 radical (unpaired) electrons. The van der Waals surface area contributed by atoms with E-state index in [1.54, 1.807) is 7.11 Å². The Bertz CT molecular complexity index is 189. The second-order valence-corrected chi connectivity index (χ2v) is 5.05. The van der Waals surface area contributed by atoms with Crippen molar-refractivity contribution < 1.29 is 9.84 Å². The van der Waals surface area contributed by atoms with E-state index in [-0.39, 0.29) is 0 Å². The highest BCUT2D eigenvalue weighted by Gasteiger charge is 2.50. The maximum atomic E-state index is 9.44. The van der Waals surface area contributed by atoms with Crippen molar-refractivity contribution in [3.8, 4) is 0 Å². The van der Waals surface area contributed by atoms with E-state index < -0.39 is 0 Å². The van der Waals surface area contributed by atoms with Gasteiger partial charge in [0, 0.05) is 20.3 Å². The molecule has 0 aromatic carbocycles. The molecule has 3 unspecified atom stereocenters. The van der Waals surface area contributed by atoms with Crippen LogP contribution >= 0.6 is 0 Å². The van der Waals surface area contributed by atoms with E-state index in [2.05, 4.69) is 0 Å². The van der Waals surface area contributed by atoms with Gasteiger partial charge in [-0.3, -0.25) is 0 Å². The molecule has 1 spiro atoms. The number of ether oxygens (including phenoxy) is 1. The Morgan fingerprint density at radius 3 is 2.43 bits per heavy atom. The zero-order valence-corrected chi connectivity index (χ0v) is 9.17. The average Bonchev–Trinajstić information content (AvgIpc) is 2.77. The Morgan fingerprint density at radius 2 is 1.86 bits per heavy atom. The fraction of sp³-hybridized carbons (Fsp3) is 1.00. The second kappa shape index (κ2) is 4.19. The van der Waals surface area contributed by atoms with Gasteiger partial charge in [-0.05, 0) is 42.9 Å². The first-order valence-corrected chi connectivity index (χ1v) is 5.93. The van der Waals surface area contributed by atoms with Crippen LogP contribution < -0.4 is 0 Å². The third-order valence-corrected chi connectivity index (χ3v) is 4.60. The van der Waals surface area contributed by atoms with Gasteiger partial charge >= 0.3 is 0 Å². The van der Waals surface area contributed by atoms with Gasteiger partial charge in [-0.25, -0.2) is 0 Å². The summed E-state index contributed by atoms with van der Waals surface area (Å²) in [7, 11) is 1.80. The van der Waals surface area contributed by atoms with Gasteiger partial charge in [-0.2, -0.15) is 0 Å². The Kier molecular flexibility index (Phi) is 3.13. The Balaban J connectivity index is 2.11. The van der Waals surface area contributed by atoms with Crippen LogP contribution in [0.15, 0.2) is 0 Å². The van der Waals surface area contributed by atoms with Gasteiger partial charge in [0.1, 0.15) is 0 Å². The highest BCUT2D eigenvalue weighted by atomic mass is 16.5. The quantitative estimate of drug-likeness (QED) is 0.753. The molecule has 0 aliphatic heterocycles. The minimum atomic E-state index is 0.389. The molecule has 2 rings (SSSR count). The zero-order chi connectivity index (χ0) is 10.0. The highest BCUT2D eigenvalue weighted by Crippen LogP contribution is 2.57. The number of aliphatic hydroxyl groups is 1. The Hall–Kier alpha value is -0.0800. The lowest BCUT2D eigenvalue weighted by Crippen LogP contribution is -2.34. The minimum absolute atomic E-state index is 0.389. The lowest BCUT2D eigenvalue weighted by Gasteiger charge is -2.36. The molecule has 0 bridgehead atoms. The standard InChI is InChI=1S/C12H22O2/c1-14-9-11-5-3-7-12(11)6-2-4-10(12)8-13/h10-11,13H,2-9H2,1H3. The van der Waals surface area contributed by atoms with E-state index in [1.165, 1.54) is 38.5 Å². The largest absolute Gasteiger partial charge is 0.396 e. The van der Waals surface area contributed by atoms with Gasteiger partial charge in [0.15, 0.2) is 0 Å². The monoisotopic (exact) mass is 198 g/mol. The fourth-order valence-corrected chi connectivity index (χ4v) is 3.93. The predicted octanol–water partition coefficient (Wildman–Crippen LogP) is 2.21. The number of hydrogen-bond donors (Lipinski definition) is 1. The summed E-state index contributed by atoms with van der Waals surface area (Å²) >= 11 is 0. The van der Waals surface area contributed by atoms with Crippen LogP contribution in [0.3, 0.4) is 0 Å². The normalized spacial score (nSPS) is 42.4. The molecule has 0 heterocycles. The fourth-order valence-electron chi connectivity index (χ4n) is 3.93. The van der Waals surface area contributed by atoms with Crippen molar-refractivity contribution in [2.24, 2.45) is 17.3 Å². The first kappa shape index (κ1) is 10.4. The maximum absolute atomic E-state index is 9.44. The van der Waals surface area contributed by atoms with Crippen LogP contribution in [-0.4, -0.2) is 25.4 Å². The van der Waals surface area contributed by atoms with E-state index in [1.807, 2.05) is 0 Å². The average molecular weight is 198 g/mol. The first-order valence-electron chi connectivity index (χ1n) is 5.93. The first-order chi connectivity index (χ1) is 6.83. The van der Waals surface area contributed by atoms with Crippen LogP contribution in [0.2, 0.25) is 0 Å². The summed E-state index contributed by atoms with van der Waals surface area (Å²) in [5.74, 6) is 1.28. The van der Waals surface area contributed by atoms with Gasteiger partial charge in [-0.1, -0.05) is 12.8 Å². The van der Waals surface area contributed by atoms with Crippen LogP contribution in [0.1, 0.15) is 38.5 Å². The molecule has 0 amide bonds. The molecule has 3 atom stereocenters. The number of methoxy groups -OCH3 is 1. The molecular formula is C12H22O2. The summed E-state index contributed by atoms with van der Waals surface area (Å²) in [4.78, 5) is 0. The molecule has 2 fully saturated rings. The summed E-state index contributed by atoms with van der Waals surface area (Å²) in [5.41, 5.74) is 0.449. The summed E-state index contributed by atoms with van der Waals surface area (Å²) in [5, 5.41) is 9.44. The third kappa shape index (κ3) is 1.49. The van der Waals surface area contributed by atoms with Crippen molar-refractivity contribution in [1.29, 1.82) is 0 Å². The van der Waals surface area contributed by atoms with Crippen LogP contribution in [0, 0.1) is 17.3 Å². The Morgan fingerprint density at radius 1 is 1.21 bits per heavy atom. The predicted molar refractivity (Wildman–Crippen MR) is 56.1 cm³/mol. The molecule has 0 aromatic heterocycles. The van der Waals surface area contributed by atoms with Gasteiger partial charge in [0.2, 0.25) is 0 Å². The topological polar surface area (TPSA) is 29.5 Å². The number of rotatable bonds is 3. The van der Waals surface area contributed by atoms with Crippen molar-refractivity contribution in [2.45, 2.75) is 38.5 Å². The van der Waals surface area contributed by atoms with Crippen LogP contribution in [-0.2, 0) is 4.74 Å². The summed E-state index contributed by atoms with van der Waals surface area (Å²) in [6.07, 6.45) is 7.84. The van der Waals surface area contributed by atoms with Crippen molar-refractivity contribution in [3.05, 3.63) is 0 Å². The zero-order valence-electron chi connectivity index (χ0n) is 9.17. The molecule has 2 aliphatic rings. The van der Waals surface area contributed by atoms with E-state index >= 15 is 0 Å². The van der Waals surface area contributed by atoms with Gasteiger partial charge in [0.25, 0.3) is 0 Å². The molecule has 2 saturated carbocycles. The Labute approximate surface area is 86.6 Å². The smallest absolute Gasteiger partial charge is 0.0495 e. The lowest BCUT2D eigenvalue weighted by molar-refractivity contribution is 0.0309.